The van der Waals surface area contributed by atoms with Gasteiger partial charge < -0.3 is 20.1 Å². The maximum atomic E-state index is 14.5. The minimum Gasteiger partial charge on any atom is -0.481 e. The Morgan fingerprint density at radius 3 is 2.28 bits per heavy atom. The summed E-state index contributed by atoms with van der Waals surface area (Å²) in [5.74, 6) is -3.15. The first-order chi connectivity index (χ1) is 27.2. The highest BCUT2D eigenvalue weighted by atomic mass is 32.1. The van der Waals surface area contributed by atoms with Crippen LogP contribution >= 0.6 is 11.3 Å². The summed E-state index contributed by atoms with van der Waals surface area (Å²) >= 11 is 1.07. The number of carbonyl (C=O) groups is 5. The Morgan fingerprint density at radius 1 is 0.982 bits per heavy atom. The van der Waals surface area contributed by atoms with Gasteiger partial charge in [0.2, 0.25) is 5.91 Å². The lowest BCUT2D eigenvalue weighted by atomic mass is 9.82. The van der Waals surface area contributed by atoms with Crippen LogP contribution in [0.2, 0.25) is 0 Å². The fraction of sp³-hybridized carbons (Fsp3) is 0.556. The Hall–Kier alpha value is -4.26. The van der Waals surface area contributed by atoms with E-state index in [9.17, 15) is 29.1 Å². The SMILES string of the molecule is CCC(C)C(CC(=O)C1CCCCN1C)C(=O)N(CCOC)C(CC(=O)c1nc(C(=O)NC(Cc2ccc(-c3ccccc3)cc2)CC(C)C(=O)O)cs1)C(C)C. The number of benzene rings is 2. The average molecular weight is 803 g/mol. The van der Waals surface area contributed by atoms with Gasteiger partial charge in [-0.2, -0.15) is 0 Å². The molecule has 2 aromatic carbocycles. The van der Waals surface area contributed by atoms with Gasteiger partial charge in [-0.1, -0.05) is 102 Å². The van der Waals surface area contributed by atoms with Gasteiger partial charge in [-0.3, -0.25) is 28.9 Å². The number of methoxy groups -OCH3 is 1. The average Bonchev–Trinajstić information content (AvgIpc) is 3.71. The number of ketones is 2. The summed E-state index contributed by atoms with van der Waals surface area (Å²) in [6.07, 6.45) is 4.35. The third-order valence-electron chi connectivity index (χ3n) is 11.5. The number of carbonyl (C=O) groups excluding carboxylic acids is 4. The number of nitrogens with one attached hydrogen (secondary N) is 1. The molecule has 12 heteroatoms. The number of nitrogens with zero attached hydrogens (tertiary/aromatic N) is 3. The maximum Gasteiger partial charge on any atom is 0.306 e. The molecule has 0 saturated carbocycles. The van der Waals surface area contributed by atoms with Crippen molar-refractivity contribution in [2.45, 2.75) is 104 Å². The highest BCUT2D eigenvalue weighted by Gasteiger charge is 2.38. The smallest absolute Gasteiger partial charge is 0.306 e. The second-order valence-corrected chi connectivity index (χ2v) is 16.9. The number of carboxylic acid groups (broad SMARTS) is 1. The van der Waals surface area contributed by atoms with Crippen LogP contribution in [0, 0.1) is 23.7 Å². The van der Waals surface area contributed by atoms with E-state index in [2.05, 4.69) is 15.2 Å². The van der Waals surface area contributed by atoms with E-state index in [0.29, 0.717) is 6.42 Å². The molecule has 2 N–H and O–H groups in total. The van der Waals surface area contributed by atoms with Crippen LogP contribution in [-0.2, 0) is 25.5 Å². The predicted molar refractivity (Wildman–Crippen MR) is 224 cm³/mol. The summed E-state index contributed by atoms with van der Waals surface area (Å²) in [5, 5.41) is 14.4. The highest BCUT2D eigenvalue weighted by Crippen LogP contribution is 2.29. The molecule has 2 amide bonds. The molecule has 6 atom stereocenters. The number of aromatic nitrogens is 1. The van der Waals surface area contributed by atoms with E-state index in [-0.39, 0.29) is 78.5 Å². The van der Waals surface area contributed by atoms with Gasteiger partial charge in [-0.15, -0.1) is 11.3 Å². The second kappa shape index (κ2) is 22.0. The molecule has 2 heterocycles. The van der Waals surface area contributed by atoms with Crippen LogP contribution < -0.4 is 5.32 Å². The van der Waals surface area contributed by atoms with Crippen molar-refractivity contribution in [2.24, 2.45) is 23.7 Å². The lowest BCUT2D eigenvalue weighted by Crippen LogP contribution is -2.51. The number of thiazole rings is 1. The molecule has 1 aliphatic heterocycles. The third kappa shape index (κ3) is 12.9. The molecular formula is C45H62N4O7S. The number of carboxylic acids is 1. The van der Waals surface area contributed by atoms with Crippen LogP contribution in [0.15, 0.2) is 60.0 Å². The van der Waals surface area contributed by atoms with E-state index in [1.165, 1.54) is 0 Å². The molecule has 1 aromatic heterocycles. The van der Waals surface area contributed by atoms with Crippen molar-refractivity contribution >= 4 is 40.7 Å². The molecule has 0 bridgehead atoms. The van der Waals surface area contributed by atoms with Crippen molar-refractivity contribution in [1.29, 1.82) is 0 Å². The van der Waals surface area contributed by atoms with Crippen molar-refractivity contribution < 1.29 is 33.8 Å². The van der Waals surface area contributed by atoms with Crippen molar-refractivity contribution in [2.75, 3.05) is 33.9 Å². The Balaban J connectivity index is 1.49. The minimum absolute atomic E-state index is 0.00798. The summed E-state index contributed by atoms with van der Waals surface area (Å²) in [4.78, 5) is 75.8. The van der Waals surface area contributed by atoms with E-state index >= 15 is 0 Å². The van der Waals surface area contributed by atoms with Gasteiger partial charge in [0.05, 0.1) is 18.6 Å². The van der Waals surface area contributed by atoms with Crippen LogP contribution in [0.25, 0.3) is 11.1 Å². The Kier molecular flexibility index (Phi) is 17.6. The summed E-state index contributed by atoms with van der Waals surface area (Å²) in [6.45, 7) is 11.0. The van der Waals surface area contributed by atoms with Gasteiger partial charge in [0.15, 0.2) is 16.6 Å². The zero-order valence-corrected chi connectivity index (χ0v) is 35.6. The zero-order valence-electron chi connectivity index (χ0n) is 34.7. The number of aliphatic carboxylic acids is 1. The van der Waals surface area contributed by atoms with Crippen LogP contribution in [0.3, 0.4) is 0 Å². The highest BCUT2D eigenvalue weighted by molar-refractivity contribution is 7.12. The molecule has 0 radical (unpaired) electrons. The molecular weight excluding hydrogens is 741 g/mol. The number of hydrogen-bond donors (Lipinski definition) is 2. The minimum atomic E-state index is -0.952. The first-order valence-corrected chi connectivity index (χ1v) is 21.3. The van der Waals surface area contributed by atoms with E-state index in [4.69, 9.17) is 4.74 Å². The van der Waals surface area contributed by atoms with Gasteiger partial charge in [0, 0.05) is 49.9 Å². The number of piperidine rings is 1. The van der Waals surface area contributed by atoms with Crippen molar-refractivity contribution in [3.63, 3.8) is 0 Å². The topological polar surface area (TPSA) is 146 Å². The predicted octanol–water partition coefficient (Wildman–Crippen LogP) is 7.44. The Labute approximate surface area is 342 Å². The van der Waals surface area contributed by atoms with Gasteiger partial charge in [-0.25, -0.2) is 4.98 Å². The van der Waals surface area contributed by atoms with Crippen LogP contribution in [-0.4, -0.2) is 101 Å². The molecule has 310 valence electrons. The lowest BCUT2D eigenvalue weighted by molar-refractivity contribution is -0.144. The van der Waals surface area contributed by atoms with Crippen LogP contribution in [0.5, 0.6) is 0 Å². The molecule has 3 aromatic rings. The molecule has 0 aliphatic carbocycles. The zero-order chi connectivity index (χ0) is 41.6. The molecule has 0 spiro atoms. The Morgan fingerprint density at radius 2 is 1.67 bits per heavy atom. The van der Waals surface area contributed by atoms with E-state index < -0.39 is 35.8 Å². The second-order valence-electron chi connectivity index (χ2n) is 16.1. The van der Waals surface area contributed by atoms with Crippen molar-refractivity contribution in [1.82, 2.24) is 20.1 Å². The van der Waals surface area contributed by atoms with E-state index in [1.807, 2.05) is 89.3 Å². The quantitative estimate of drug-likeness (QED) is 0.0991. The number of amides is 2. The molecule has 57 heavy (non-hydrogen) atoms. The molecule has 11 nitrogen and oxygen atoms in total. The molecule has 1 aliphatic rings. The fourth-order valence-corrected chi connectivity index (χ4v) is 8.46. The Bertz CT molecular complexity index is 1780. The van der Waals surface area contributed by atoms with Gasteiger partial charge in [0.1, 0.15) is 5.69 Å². The van der Waals surface area contributed by atoms with Gasteiger partial charge in [-0.05, 0) is 67.8 Å². The number of likely N-dealkylation sites (N-methyl/N-ethyl adjacent to an activating group) is 1. The molecule has 1 fully saturated rings. The molecule has 4 rings (SSSR count). The lowest BCUT2D eigenvalue weighted by Gasteiger charge is -2.38. The first-order valence-electron chi connectivity index (χ1n) is 20.4. The largest absolute Gasteiger partial charge is 0.481 e. The summed E-state index contributed by atoms with van der Waals surface area (Å²) in [5.41, 5.74) is 3.16. The van der Waals surface area contributed by atoms with E-state index in [1.54, 1.807) is 24.3 Å². The number of rotatable bonds is 22. The standard InChI is InChI=1S/C45H62N4O7S/c1-8-30(4)36(26-40(50)38-16-12-13-21-48(38)6)44(53)49(22-23-56-7)39(29(2)3)27-41(51)43-47-37(28-57-43)42(52)46-35(24-31(5)45(54)55)25-32-17-19-34(20-18-32)33-14-10-9-11-15-33/h9-11,14-15,17-20,28-31,35-36,38-39H,8,12-13,16,21-27H2,1-7H3,(H,46,52)(H,54,55). The molecule has 6 unspecified atom stereocenters. The van der Waals surface area contributed by atoms with E-state index in [0.717, 1.165) is 60.3 Å². The summed E-state index contributed by atoms with van der Waals surface area (Å²) in [6, 6.07) is 16.8. The summed E-state index contributed by atoms with van der Waals surface area (Å²) < 4.78 is 5.42. The van der Waals surface area contributed by atoms with Gasteiger partial charge in [0.25, 0.3) is 5.91 Å². The maximum absolute atomic E-state index is 14.5. The summed E-state index contributed by atoms with van der Waals surface area (Å²) in [7, 11) is 3.55. The monoisotopic (exact) mass is 802 g/mol. The number of hydrogen-bond acceptors (Lipinski definition) is 9. The van der Waals surface area contributed by atoms with Crippen LogP contribution in [0.4, 0.5) is 0 Å². The fourth-order valence-electron chi connectivity index (χ4n) is 7.71. The first kappa shape index (κ1) is 45.4. The van der Waals surface area contributed by atoms with Crippen molar-refractivity contribution in [3.05, 3.63) is 76.2 Å². The number of Topliss-reactive ketones (excluding diaryl/α,β-unsaturated/α-hetero) is 2. The molecule has 1 saturated heterocycles. The normalized spacial score (nSPS) is 17.3. The van der Waals surface area contributed by atoms with Crippen molar-refractivity contribution in [3.8, 4) is 11.1 Å². The van der Waals surface area contributed by atoms with Crippen LogP contribution in [0.1, 0.15) is 105 Å². The number of likely N-dealkylation sites (tertiary alicyclic amines) is 1. The number of ether oxygens (including phenoxy) is 1. The third-order valence-corrected chi connectivity index (χ3v) is 12.4. The van der Waals surface area contributed by atoms with Gasteiger partial charge >= 0.3 is 5.97 Å².